The van der Waals surface area contributed by atoms with E-state index in [1.807, 2.05) is 0 Å². The second kappa shape index (κ2) is 13.4. The van der Waals surface area contributed by atoms with E-state index in [0.29, 0.717) is 21.2 Å². The molecule has 0 saturated carbocycles. The summed E-state index contributed by atoms with van der Waals surface area (Å²) < 4.78 is 74.8. The van der Waals surface area contributed by atoms with Crippen molar-refractivity contribution >= 4 is 45.3 Å². The van der Waals surface area contributed by atoms with E-state index in [2.05, 4.69) is 0 Å². The third-order valence-corrected chi connectivity index (χ3v) is 10.3. The van der Waals surface area contributed by atoms with Crippen molar-refractivity contribution in [2.24, 2.45) is 4.99 Å². The zero-order chi connectivity index (χ0) is 33.4. The van der Waals surface area contributed by atoms with Crippen LogP contribution < -0.4 is 4.74 Å². The number of rotatable bonds is 7. The quantitative estimate of drug-likeness (QED) is 0.282. The Bertz CT molecular complexity index is 1710. The number of ether oxygens (including phenoxy) is 1. The Kier molecular flexibility index (Phi) is 9.90. The van der Waals surface area contributed by atoms with Crippen LogP contribution in [0.1, 0.15) is 41.3 Å². The highest BCUT2D eigenvalue weighted by Crippen LogP contribution is 2.46. The highest BCUT2D eigenvalue weighted by molar-refractivity contribution is 7.86. The summed E-state index contributed by atoms with van der Waals surface area (Å²) in [5.74, 6) is 0.0350. The van der Waals surface area contributed by atoms with E-state index in [4.69, 9.17) is 32.9 Å². The van der Waals surface area contributed by atoms with Gasteiger partial charge in [-0.3, -0.25) is 9.89 Å². The topological polar surface area (TPSA) is 85.8 Å². The molecular weight excluding hydrogens is 666 g/mol. The van der Waals surface area contributed by atoms with Gasteiger partial charge in [-0.25, -0.2) is 4.79 Å². The number of hydrogen-bond donors (Lipinski definition) is 0. The maximum absolute atomic E-state index is 14.6. The van der Waals surface area contributed by atoms with Crippen molar-refractivity contribution in [2.75, 3.05) is 46.9 Å². The van der Waals surface area contributed by atoms with E-state index >= 15 is 0 Å². The van der Waals surface area contributed by atoms with Crippen molar-refractivity contribution in [2.45, 2.75) is 25.2 Å². The minimum atomic E-state index is -4.62. The number of benzene rings is 3. The minimum Gasteiger partial charge on any atom is -0.493 e. The van der Waals surface area contributed by atoms with Crippen LogP contribution in [-0.4, -0.2) is 85.6 Å². The van der Waals surface area contributed by atoms with Crippen LogP contribution in [0.4, 0.5) is 18.0 Å². The van der Waals surface area contributed by atoms with Crippen LogP contribution in [0.2, 0.25) is 10.0 Å². The lowest BCUT2D eigenvalue weighted by Crippen LogP contribution is -2.56. The summed E-state index contributed by atoms with van der Waals surface area (Å²) in [5.41, 5.74) is 0.685. The van der Waals surface area contributed by atoms with Crippen molar-refractivity contribution in [3.8, 4) is 5.75 Å². The Balaban J connectivity index is 1.64. The van der Waals surface area contributed by atoms with Gasteiger partial charge in [-0.2, -0.15) is 30.2 Å². The molecule has 5 rings (SSSR count). The molecule has 9 nitrogen and oxygen atoms in total. The number of amides is 2. The number of urea groups is 1. The number of amidine groups is 1. The van der Waals surface area contributed by atoms with Gasteiger partial charge in [0.2, 0.25) is 0 Å². The lowest BCUT2D eigenvalue weighted by molar-refractivity contribution is -0.137. The van der Waals surface area contributed by atoms with Crippen LogP contribution in [0.25, 0.3) is 0 Å². The van der Waals surface area contributed by atoms with Gasteiger partial charge in [0.25, 0.3) is 10.2 Å². The molecule has 1 fully saturated rings. The average molecular weight is 699 g/mol. The van der Waals surface area contributed by atoms with Crippen molar-refractivity contribution < 1.29 is 31.1 Å². The van der Waals surface area contributed by atoms with E-state index in [0.717, 1.165) is 16.4 Å². The molecule has 2 amide bonds. The van der Waals surface area contributed by atoms with Gasteiger partial charge in [0.15, 0.2) is 0 Å². The third-order valence-electron chi connectivity index (χ3n) is 7.84. The summed E-state index contributed by atoms with van der Waals surface area (Å²) in [5, 5.41) is 0.970. The molecule has 3 aromatic carbocycles. The Labute approximate surface area is 275 Å². The molecule has 0 spiro atoms. The molecule has 15 heteroatoms. The lowest BCUT2D eigenvalue weighted by Gasteiger charge is -2.39. The monoisotopic (exact) mass is 697 g/mol. The van der Waals surface area contributed by atoms with E-state index in [-0.39, 0.29) is 49.9 Å². The fourth-order valence-electron chi connectivity index (χ4n) is 5.51. The first-order valence-electron chi connectivity index (χ1n) is 14.4. The summed E-state index contributed by atoms with van der Waals surface area (Å²) in [6.07, 6.45) is -4.62. The first-order valence-corrected chi connectivity index (χ1v) is 16.6. The second-order valence-corrected chi connectivity index (χ2v) is 13.9. The number of hydrogen-bond acceptors (Lipinski definition) is 5. The molecule has 0 aliphatic carbocycles. The van der Waals surface area contributed by atoms with Crippen LogP contribution in [0, 0.1) is 0 Å². The fraction of sp³-hybridized carbons (Fsp3) is 0.355. The van der Waals surface area contributed by atoms with E-state index in [1.54, 1.807) is 55.5 Å². The standard InChI is InChI=1S/C31H32Cl2F3N5O4S/c1-4-45-26-19-22(31(34,35)36)9-14-25(26)29-37-27(20-5-10-23(32)11-6-20)28(21-7-12-24(33)13-8-21)41(29)30(42)39-15-17-40(18-16-39)46(43,44)38(2)3/h5-14,19,27-28H,4,15-18H2,1-3H3. The number of halogens is 5. The van der Waals surface area contributed by atoms with Gasteiger partial charge in [-0.15, -0.1) is 0 Å². The van der Waals surface area contributed by atoms with Crippen LogP contribution in [0.5, 0.6) is 5.75 Å². The normalized spacial score (nSPS) is 19.5. The van der Waals surface area contributed by atoms with Gasteiger partial charge >= 0.3 is 12.2 Å². The van der Waals surface area contributed by atoms with Crippen molar-refractivity contribution in [3.63, 3.8) is 0 Å². The molecule has 0 aromatic heterocycles. The average Bonchev–Trinajstić information content (AvgIpc) is 3.41. The molecule has 2 unspecified atom stereocenters. The van der Waals surface area contributed by atoms with Crippen molar-refractivity contribution in [1.82, 2.24) is 18.4 Å². The second-order valence-electron chi connectivity index (χ2n) is 10.9. The van der Waals surface area contributed by atoms with Gasteiger partial charge in [0, 0.05) is 50.3 Å². The number of carbonyl (C=O) groups excluding carboxylic acids is 1. The minimum absolute atomic E-state index is 0.0588. The third kappa shape index (κ3) is 6.84. The molecule has 1 saturated heterocycles. The SMILES string of the molecule is CCOc1cc(C(F)(F)F)ccc1C1=NC(c2ccc(Cl)cc2)C(c2ccc(Cl)cc2)N1C(=O)N1CCN(S(=O)(=O)N(C)C)CC1. The molecule has 2 atom stereocenters. The summed E-state index contributed by atoms with van der Waals surface area (Å²) in [6.45, 7) is 2.00. The molecular formula is C31H32Cl2F3N5O4S. The van der Waals surface area contributed by atoms with E-state index in [1.165, 1.54) is 34.3 Å². The molecule has 0 bridgehead atoms. The molecule has 46 heavy (non-hydrogen) atoms. The summed E-state index contributed by atoms with van der Waals surface area (Å²) >= 11 is 12.4. The smallest absolute Gasteiger partial charge is 0.416 e. The first kappa shape index (κ1) is 34.0. The molecule has 0 radical (unpaired) electrons. The summed E-state index contributed by atoms with van der Waals surface area (Å²) in [4.78, 5) is 22.6. The number of aliphatic imine (C=N–C) groups is 1. The molecule has 2 aliphatic heterocycles. The predicted molar refractivity (Wildman–Crippen MR) is 171 cm³/mol. The van der Waals surface area contributed by atoms with Gasteiger partial charge in [-0.05, 0) is 60.5 Å². The molecule has 246 valence electrons. The number of piperazine rings is 1. The maximum atomic E-state index is 14.6. The lowest BCUT2D eigenvalue weighted by atomic mass is 9.93. The molecule has 2 heterocycles. The van der Waals surface area contributed by atoms with Crippen LogP contribution >= 0.6 is 23.2 Å². The molecule has 3 aromatic rings. The van der Waals surface area contributed by atoms with Crippen LogP contribution in [0.3, 0.4) is 0 Å². The number of carbonyl (C=O) groups is 1. The van der Waals surface area contributed by atoms with Crippen molar-refractivity contribution in [1.29, 1.82) is 0 Å². The van der Waals surface area contributed by atoms with Gasteiger partial charge in [-0.1, -0.05) is 47.5 Å². The molecule has 2 aliphatic rings. The predicted octanol–water partition coefficient (Wildman–Crippen LogP) is 6.50. The van der Waals surface area contributed by atoms with E-state index in [9.17, 15) is 26.4 Å². The fourth-order valence-corrected chi connectivity index (χ4v) is 6.84. The van der Waals surface area contributed by atoms with Crippen molar-refractivity contribution in [3.05, 3.63) is 99.0 Å². The van der Waals surface area contributed by atoms with Crippen LogP contribution in [0.15, 0.2) is 71.7 Å². The van der Waals surface area contributed by atoms with Gasteiger partial charge in [0.05, 0.1) is 23.8 Å². The Hall–Kier alpha value is -3.36. The highest BCUT2D eigenvalue weighted by atomic mass is 35.5. The van der Waals surface area contributed by atoms with Gasteiger partial charge in [0.1, 0.15) is 17.6 Å². The Morgan fingerprint density at radius 2 is 1.50 bits per heavy atom. The summed E-state index contributed by atoms with van der Waals surface area (Å²) in [7, 11) is -0.821. The maximum Gasteiger partial charge on any atom is 0.416 e. The first-order chi connectivity index (χ1) is 21.7. The van der Waals surface area contributed by atoms with E-state index < -0.39 is 40.1 Å². The highest BCUT2D eigenvalue weighted by Gasteiger charge is 2.46. The number of nitrogens with zero attached hydrogens (tertiary/aromatic N) is 5. The zero-order valence-electron chi connectivity index (χ0n) is 25.2. The largest absolute Gasteiger partial charge is 0.493 e. The Morgan fingerprint density at radius 3 is 2.02 bits per heavy atom. The van der Waals surface area contributed by atoms with Crippen LogP contribution in [-0.2, 0) is 16.4 Å². The summed E-state index contributed by atoms with van der Waals surface area (Å²) in [6, 6.07) is 15.0. The number of alkyl halides is 3. The molecule has 0 N–H and O–H groups in total. The van der Waals surface area contributed by atoms with Gasteiger partial charge < -0.3 is 9.64 Å². The Morgan fingerprint density at radius 1 is 0.935 bits per heavy atom. The zero-order valence-corrected chi connectivity index (χ0v) is 27.5.